The van der Waals surface area contributed by atoms with Crippen molar-refractivity contribution >= 4 is 17.5 Å². The van der Waals surface area contributed by atoms with Gasteiger partial charge < -0.3 is 15.2 Å². The number of hydrogen-bond donors (Lipinski definition) is 2. The average Bonchev–Trinajstić information content (AvgIpc) is 3.25. The molecule has 0 unspecified atom stereocenters. The Kier molecular flexibility index (Phi) is 4.37. The molecule has 0 spiro atoms. The van der Waals surface area contributed by atoms with E-state index in [0.717, 1.165) is 5.56 Å². The second-order valence-corrected chi connectivity index (χ2v) is 5.00. The number of anilines is 1. The zero-order valence-electron chi connectivity index (χ0n) is 12.9. The van der Waals surface area contributed by atoms with E-state index >= 15 is 0 Å². The van der Waals surface area contributed by atoms with Gasteiger partial charge in [-0.25, -0.2) is 0 Å². The van der Waals surface area contributed by atoms with Crippen LogP contribution in [0.2, 0.25) is 0 Å². The maximum absolute atomic E-state index is 12.2. The number of nitrogens with one attached hydrogen (secondary N) is 2. The first-order valence-corrected chi connectivity index (χ1v) is 7.22. The third-order valence-electron chi connectivity index (χ3n) is 3.28. The summed E-state index contributed by atoms with van der Waals surface area (Å²) in [6.45, 7) is 0.0762. The van der Waals surface area contributed by atoms with Crippen LogP contribution >= 0.6 is 0 Å². The lowest BCUT2D eigenvalue weighted by Gasteiger charge is -1.99. The number of likely N-dealkylation sites (N-methyl/N-ethyl adjacent to an activating group) is 1. The molecule has 0 bridgehead atoms. The molecule has 0 aliphatic heterocycles. The molecule has 2 amide bonds. The fraction of sp³-hybridized carbons (Fsp3) is 0.125. The summed E-state index contributed by atoms with van der Waals surface area (Å²) in [6.07, 6.45) is 3.01. The maximum Gasteiger partial charge on any atom is 0.294 e. The minimum Gasteiger partial charge on any atom is -0.358 e. The molecule has 24 heavy (non-hydrogen) atoms. The van der Waals surface area contributed by atoms with Crippen LogP contribution in [0.4, 0.5) is 5.69 Å². The Hall–Kier alpha value is -3.42. The monoisotopic (exact) mass is 325 g/mol. The van der Waals surface area contributed by atoms with Gasteiger partial charge in [0.1, 0.15) is 12.2 Å². The van der Waals surface area contributed by atoms with E-state index in [9.17, 15) is 9.59 Å². The first kappa shape index (κ1) is 15.5. The average molecular weight is 325 g/mol. The summed E-state index contributed by atoms with van der Waals surface area (Å²) >= 11 is 0. The molecule has 2 aromatic heterocycles. The second-order valence-electron chi connectivity index (χ2n) is 5.00. The summed E-state index contributed by atoms with van der Waals surface area (Å²) in [6, 6.07) is 11.0. The van der Waals surface area contributed by atoms with Crippen LogP contribution in [0.5, 0.6) is 0 Å². The third kappa shape index (κ3) is 3.49. The first-order chi connectivity index (χ1) is 11.7. The molecule has 0 aliphatic rings. The molecular weight excluding hydrogens is 310 g/mol. The Morgan fingerprint density at radius 1 is 1.25 bits per heavy atom. The Balaban J connectivity index is 1.67. The molecule has 0 saturated carbocycles. The van der Waals surface area contributed by atoms with Crippen LogP contribution < -0.4 is 10.6 Å². The quantitative estimate of drug-likeness (QED) is 0.741. The second kappa shape index (κ2) is 6.78. The maximum atomic E-state index is 12.2. The lowest BCUT2D eigenvalue weighted by molar-refractivity contribution is -0.121. The van der Waals surface area contributed by atoms with Crippen molar-refractivity contribution in [1.82, 2.24) is 20.3 Å². The van der Waals surface area contributed by atoms with E-state index in [1.54, 1.807) is 19.3 Å². The summed E-state index contributed by atoms with van der Waals surface area (Å²) in [5, 5.41) is 13.0. The molecule has 3 aromatic rings. The topological polar surface area (TPSA) is 102 Å². The molecule has 122 valence electrons. The standard InChI is InChI=1S/C16H15N5O3/c1-17-15(22)10-21-9-12(8-18-21)19-16(23)14-7-13(20-24-14)11-5-3-2-4-6-11/h2-9H,10H2,1H3,(H,17,22)(H,19,23). The Bertz CT molecular complexity index is 853. The van der Waals surface area contributed by atoms with Gasteiger partial charge in [0.2, 0.25) is 11.7 Å². The van der Waals surface area contributed by atoms with E-state index in [2.05, 4.69) is 20.9 Å². The molecule has 0 saturated heterocycles. The predicted molar refractivity (Wildman–Crippen MR) is 86.2 cm³/mol. The highest BCUT2D eigenvalue weighted by Crippen LogP contribution is 2.19. The van der Waals surface area contributed by atoms with E-state index in [1.165, 1.54) is 10.9 Å². The lowest BCUT2D eigenvalue weighted by atomic mass is 10.1. The van der Waals surface area contributed by atoms with Gasteiger partial charge in [0.05, 0.1) is 11.9 Å². The van der Waals surface area contributed by atoms with Crippen molar-refractivity contribution in [2.24, 2.45) is 0 Å². The molecule has 0 radical (unpaired) electrons. The summed E-state index contributed by atoms with van der Waals surface area (Å²) < 4.78 is 6.51. The summed E-state index contributed by atoms with van der Waals surface area (Å²) in [5.41, 5.74) is 1.90. The molecule has 0 aliphatic carbocycles. The largest absolute Gasteiger partial charge is 0.358 e. The van der Waals surface area contributed by atoms with E-state index in [1.807, 2.05) is 30.3 Å². The van der Waals surface area contributed by atoms with Gasteiger partial charge in [-0.1, -0.05) is 35.5 Å². The van der Waals surface area contributed by atoms with Gasteiger partial charge in [-0.05, 0) is 0 Å². The number of hydrogen-bond acceptors (Lipinski definition) is 5. The molecule has 3 rings (SSSR count). The minimum atomic E-state index is -0.441. The molecular formula is C16H15N5O3. The van der Waals surface area contributed by atoms with Crippen LogP contribution in [0.3, 0.4) is 0 Å². The van der Waals surface area contributed by atoms with Gasteiger partial charge in [-0.3, -0.25) is 14.3 Å². The molecule has 2 heterocycles. The van der Waals surface area contributed by atoms with Crippen molar-refractivity contribution in [2.45, 2.75) is 6.54 Å². The van der Waals surface area contributed by atoms with Crippen LogP contribution in [0, 0.1) is 0 Å². The van der Waals surface area contributed by atoms with Crippen molar-refractivity contribution in [3.05, 3.63) is 54.6 Å². The third-order valence-corrected chi connectivity index (χ3v) is 3.28. The van der Waals surface area contributed by atoms with Crippen LogP contribution in [0.15, 0.2) is 53.3 Å². The van der Waals surface area contributed by atoms with Crippen LogP contribution in [-0.4, -0.2) is 33.8 Å². The first-order valence-electron chi connectivity index (χ1n) is 7.22. The fourth-order valence-electron chi connectivity index (χ4n) is 2.06. The Morgan fingerprint density at radius 3 is 2.79 bits per heavy atom. The number of aromatic nitrogens is 3. The molecule has 8 nitrogen and oxygen atoms in total. The van der Waals surface area contributed by atoms with Crippen molar-refractivity contribution in [1.29, 1.82) is 0 Å². The Labute approximate surface area is 137 Å². The van der Waals surface area contributed by atoms with Gasteiger partial charge in [0, 0.05) is 24.9 Å². The van der Waals surface area contributed by atoms with E-state index in [0.29, 0.717) is 11.4 Å². The minimum absolute atomic E-state index is 0.0762. The highest BCUT2D eigenvalue weighted by atomic mass is 16.5. The summed E-state index contributed by atoms with van der Waals surface area (Å²) in [7, 11) is 1.54. The zero-order valence-corrected chi connectivity index (χ0v) is 12.9. The van der Waals surface area contributed by atoms with Gasteiger partial charge in [0.15, 0.2) is 0 Å². The van der Waals surface area contributed by atoms with E-state index in [4.69, 9.17) is 4.52 Å². The molecule has 8 heteroatoms. The number of carbonyl (C=O) groups is 2. The highest BCUT2D eigenvalue weighted by Gasteiger charge is 2.15. The van der Waals surface area contributed by atoms with Gasteiger partial charge >= 0.3 is 0 Å². The molecule has 0 fully saturated rings. The van der Waals surface area contributed by atoms with Crippen molar-refractivity contribution in [3.8, 4) is 11.3 Å². The van der Waals surface area contributed by atoms with Crippen molar-refractivity contribution < 1.29 is 14.1 Å². The number of carbonyl (C=O) groups excluding carboxylic acids is 2. The van der Waals surface area contributed by atoms with Gasteiger partial charge in [-0.15, -0.1) is 0 Å². The molecule has 0 atom stereocenters. The molecule has 1 aromatic carbocycles. The Morgan fingerprint density at radius 2 is 2.04 bits per heavy atom. The lowest BCUT2D eigenvalue weighted by Crippen LogP contribution is -2.23. The van der Waals surface area contributed by atoms with Gasteiger partial charge in [0.25, 0.3) is 5.91 Å². The smallest absolute Gasteiger partial charge is 0.294 e. The summed E-state index contributed by atoms with van der Waals surface area (Å²) in [5.74, 6) is -0.532. The normalized spacial score (nSPS) is 10.4. The number of nitrogens with zero attached hydrogens (tertiary/aromatic N) is 3. The molecule has 2 N–H and O–H groups in total. The van der Waals surface area contributed by atoms with Crippen LogP contribution in [0.1, 0.15) is 10.6 Å². The number of benzene rings is 1. The van der Waals surface area contributed by atoms with Gasteiger partial charge in [-0.2, -0.15) is 5.10 Å². The van der Waals surface area contributed by atoms with Crippen molar-refractivity contribution in [2.75, 3.05) is 12.4 Å². The summed E-state index contributed by atoms with van der Waals surface area (Å²) in [4.78, 5) is 23.5. The van der Waals surface area contributed by atoms with Crippen LogP contribution in [0.25, 0.3) is 11.3 Å². The number of rotatable bonds is 5. The van der Waals surface area contributed by atoms with Crippen LogP contribution in [-0.2, 0) is 11.3 Å². The highest BCUT2D eigenvalue weighted by molar-refractivity contribution is 6.02. The van der Waals surface area contributed by atoms with E-state index < -0.39 is 5.91 Å². The van der Waals surface area contributed by atoms with E-state index in [-0.39, 0.29) is 18.2 Å². The number of amides is 2. The predicted octanol–water partition coefficient (Wildman–Crippen LogP) is 1.54. The van der Waals surface area contributed by atoms with Crippen molar-refractivity contribution in [3.63, 3.8) is 0 Å². The fourth-order valence-corrected chi connectivity index (χ4v) is 2.06. The SMILES string of the molecule is CNC(=O)Cn1cc(NC(=O)c2cc(-c3ccccc3)no2)cn1. The zero-order chi connectivity index (χ0) is 16.9.